The number of nitrogens with zero attached hydrogens (tertiary/aromatic N) is 4. The molecule has 0 atom stereocenters. The zero-order valence-electron chi connectivity index (χ0n) is 10.2. The third-order valence-electron chi connectivity index (χ3n) is 2.70. The molecule has 20 heavy (non-hydrogen) atoms. The van der Waals surface area contributed by atoms with Crippen molar-refractivity contribution in [1.29, 1.82) is 0 Å². The maximum atomic E-state index is 10.9. The second-order valence-electron chi connectivity index (χ2n) is 4.01. The summed E-state index contributed by atoms with van der Waals surface area (Å²) in [5.74, 6) is 0.736. The third-order valence-corrected chi connectivity index (χ3v) is 2.70. The van der Waals surface area contributed by atoms with Gasteiger partial charge < -0.3 is 9.73 Å². The Balaban J connectivity index is 1.76. The Kier molecular flexibility index (Phi) is 2.99. The minimum atomic E-state index is -0.483. The van der Waals surface area contributed by atoms with Crippen LogP contribution in [0.4, 0.5) is 11.7 Å². The van der Waals surface area contributed by atoms with Crippen molar-refractivity contribution in [2.45, 2.75) is 6.42 Å². The number of rotatable bonds is 5. The summed E-state index contributed by atoms with van der Waals surface area (Å²) in [6.07, 6.45) is 2.04. The van der Waals surface area contributed by atoms with Crippen LogP contribution in [0.25, 0.3) is 11.1 Å². The van der Waals surface area contributed by atoms with E-state index in [9.17, 15) is 10.1 Å². The van der Waals surface area contributed by atoms with Gasteiger partial charge in [-0.25, -0.2) is 4.98 Å². The van der Waals surface area contributed by atoms with Gasteiger partial charge in [0.25, 0.3) is 11.7 Å². The van der Waals surface area contributed by atoms with Crippen molar-refractivity contribution in [3.05, 3.63) is 40.5 Å². The molecule has 3 aromatic rings. The molecule has 9 heteroatoms. The molecule has 0 unspecified atom stereocenters. The minimum Gasteiger partial charge on any atom is -0.423 e. The van der Waals surface area contributed by atoms with E-state index in [1.807, 2.05) is 0 Å². The molecule has 0 fully saturated rings. The van der Waals surface area contributed by atoms with Gasteiger partial charge in [0.05, 0.1) is 4.92 Å². The van der Waals surface area contributed by atoms with Crippen molar-refractivity contribution in [2.24, 2.45) is 0 Å². The van der Waals surface area contributed by atoms with Crippen LogP contribution in [0.5, 0.6) is 0 Å². The fraction of sp³-hybridized carbons (Fsp3) is 0.182. The largest absolute Gasteiger partial charge is 0.423 e. The van der Waals surface area contributed by atoms with E-state index in [2.05, 4.69) is 25.5 Å². The standard InChI is InChI=1S/C11H10N6O3/c18-17(19)7-2-1-3-8-10(7)15-11(20-8)12-5-4-9-13-6-14-16-9/h1-3,6H,4-5H2,(H,12,15)(H,13,14,16). The molecule has 2 aromatic heterocycles. The van der Waals surface area contributed by atoms with Gasteiger partial charge in [-0.3, -0.25) is 15.2 Å². The molecule has 0 aliphatic rings. The number of nitro benzene ring substituents is 1. The number of hydrogen-bond donors (Lipinski definition) is 2. The first-order valence-electron chi connectivity index (χ1n) is 5.86. The summed E-state index contributed by atoms with van der Waals surface area (Å²) >= 11 is 0. The van der Waals surface area contributed by atoms with E-state index in [0.717, 1.165) is 5.82 Å². The van der Waals surface area contributed by atoms with Crippen molar-refractivity contribution in [2.75, 3.05) is 11.9 Å². The summed E-state index contributed by atoms with van der Waals surface area (Å²) in [6.45, 7) is 0.524. The fourth-order valence-corrected chi connectivity index (χ4v) is 1.80. The second-order valence-corrected chi connectivity index (χ2v) is 4.01. The second kappa shape index (κ2) is 4.96. The number of non-ortho nitro benzene ring substituents is 1. The van der Waals surface area contributed by atoms with Gasteiger partial charge in [-0.1, -0.05) is 6.07 Å². The number of aromatic amines is 1. The van der Waals surface area contributed by atoms with Crippen molar-refractivity contribution in [3.8, 4) is 0 Å². The van der Waals surface area contributed by atoms with Gasteiger partial charge >= 0.3 is 0 Å². The molecule has 0 radical (unpaired) electrons. The van der Waals surface area contributed by atoms with Crippen LogP contribution < -0.4 is 5.32 Å². The molecular weight excluding hydrogens is 264 g/mol. The lowest BCUT2D eigenvalue weighted by atomic mass is 10.3. The molecule has 2 heterocycles. The SMILES string of the molecule is O=[N+]([O-])c1cccc2oc(NCCc3ncn[nH]3)nc12. The molecule has 3 rings (SSSR count). The molecular formula is C11H10N6O3. The zero-order chi connectivity index (χ0) is 13.9. The highest BCUT2D eigenvalue weighted by molar-refractivity contribution is 5.83. The van der Waals surface area contributed by atoms with E-state index in [1.54, 1.807) is 12.1 Å². The van der Waals surface area contributed by atoms with Gasteiger partial charge in [0.1, 0.15) is 12.2 Å². The predicted octanol–water partition coefficient (Wildman–Crippen LogP) is 1.51. The lowest BCUT2D eigenvalue weighted by molar-refractivity contribution is -0.383. The Morgan fingerprint density at radius 3 is 3.10 bits per heavy atom. The highest BCUT2D eigenvalue weighted by Crippen LogP contribution is 2.27. The van der Waals surface area contributed by atoms with Crippen LogP contribution in [-0.4, -0.2) is 31.6 Å². The topological polar surface area (TPSA) is 123 Å². The van der Waals surface area contributed by atoms with E-state index in [4.69, 9.17) is 4.42 Å². The van der Waals surface area contributed by atoms with Crippen LogP contribution in [-0.2, 0) is 6.42 Å². The number of nitrogens with one attached hydrogen (secondary N) is 2. The Bertz CT molecular complexity index is 736. The quantitative estimate of drug-likeness (QED) is 0.533. The third kappa shape index (κ3) is 2.28. The van der Waals surface area contributed by atoms with Gasteiger partial charge in [0.2, 0.25) is 0 Å². The minimum absolute atomic E-state index is 0.0745. The van der Waals surface area contributed by atoms with E-state index < -0.39 is 4.92 Å². The number of para-hydroxylation sites is 1. The van der Waals surface area contributed by atoms with Crippen molar-refractivity contribution < 1.29 is 9.34 Å². The van der Waals surface area contributed by atoms with Crippen LogP contribution in [0, 0.1) is 10.1 Å². The number of benzene rings is 1. The molecule has 0 aliphatic heterocycles. The molecule has 0 aliphatic carbocycles. The molecule has 1 aromatic carbocycles. The van der Waals surface area contributed by atoms with Gasteiger partial charge in [-0.05, 0) is 6.07 Å². The highest BCUT2D eigenvalue weighted by Gasteiger charge is 2.17. The van der Waals surface area contributed by atoms with Gasteiger partial charge in [0.15, 0.2) is 11.1 Å². The van der Waals surface area contributed by atoms with Crippen molar-refractivity contribution >= 4 is 22.8 Å². The summed E-state index contributed by atoms with van der Waals surface area (Å²) in [6, 6.07) is 4.83. The number of aromatic nitrogens is 4. The summed E-state index contributed by atoms with van der Waals surface area (Å²) in [5.41, 5.74) is 0.538. The number of hydrogen-bond acceptors (Lipinski definition) is 7. The molecule has 9 nitrogen and oxygen atoms in total. The van der Waals surface area contributed by atoms with Crippen LogP contribution in [0.3, 0.4) is 0 Å². The first-order valence-corrected chi connectivity index (χ1v) is 5.86. The maximum Gasteiger partial charge on any atom is 0.298 e. The first kappa shape index (κ1) is 12.1. The van der Waals surface area contributed by atoms with Gasteiger partial charge in [0, 0.05) is 19.0 Å². The number of fused-ring (bicyclic) bond motifs is 1. The molecule has 0 amide bonds. The van der Waals surface area contributed by atoms with Crippen LogP contribution in [0.15, 0.2) is 28.9 Å². The first-order chi connectivity index (χ1) is 9.74. The zero-order valence-corrected chi connectivity index (χ0v) is 10.2. The summed E-state index contributed by atoms with van der Waals surface area (Å²) in [7, 11) is 0. The van der Waals surface area contributed by atoms with E-state index in [0.29, 0.717) is 18.5 Å². The molecule has 102 valence electrons. The Labute approximate surface area is 112 Å². The van der Waals surface area contributed by atoms with Crippen molar-refractivity contribution in [1.82, 2.24) is 20.2 Å². The van der Waals surface area contributed by atoms with Crippen LogP contribution >= 0.6 is 0 Å². The summed E-state index contributed by atoms with van der Waals surface area (Å²) < 4.78 is 5.41. The monoisotopic (exact) mass is 274 g/mol. The van der Waals surface area contributed by atoms with E-state index >= 15 is 0 Å². The number of anilines is 1. The van der Waals surface area contributed by atoms with Crippen LogP contribution in [0.1, 0.15) is 5.82 Å². The maximum absolute atomic E-state index is 10.9. The van der Waals surface area contributed by atoms with Gasteiger partial charge in [-0.2, -0.15) is 10.1 Å². The van der Waals surface area contributed by atoms with Gasteiger partial charge in [-0.15, -0.1) is 0 Å². The Morgan fingerprint density at radius 1 is 1.45 bits per heavy atom. The van der Waals surface area contributed by atoms with E-state index in [-0.39, 0.29) is 17.2 Å². The smallest absolute Gasteiger partial charge is 0.298 e. The average molecular weight is 274 g/mol. The van der Waals surface area contributed by atoms with Crippen LogP contribution in [0.2, 0.25) is 0 Å². The number of nitro groups is 1. The Hall–Kier alpha value is -2.97. The molecule has 0 saturated carbocycles. The Morgan fingerprint density at radius 2 is 2.35 bits per heavy atom. The highest BCUT2D eigenvalue weighted by atomic mass is 16.6. The fourth-order valence-electron chi connectivity index (χ4n) is 1.80. The summed E-state index contributed by atoms with van der Waals surface area (Å²) in [5, 5.41) is 20.3. The van der Waals surface area contributed by atoms with Crippen molar-refractivity contribution in [3.63, 3.8) is 0 Å². The molecule has 0 bridgehead atoms. The normalized spacial score (nSPS) is 10.8. The molecule has 0 saturated heterocycles. The average Bonchev–Trinajstić information content (AvgIpc) is 3.06. The predicted molar refractivity (Wildman–Crippen MR) is 69.2 cm³/mol. The lowest BCUT2D eigenvalue weighted by Gasteiger charge is -1.97. The molecule has 2 N–H and O–H groups in total. The molecule has 0 spiro atoms. The lowest BCUT2D eigenvalue weighted by Crippen LogP contribution is -2.06. The number of oxazole rings is 1. The number of H-pyrrole nitrogens is 1. The van der Waals surface area contributed by atoms with E-state index in [1.165, 1.54) is 12.4 Å². The summed E-state index contributed by atoms with van der Waals surface area (Å²) in [4.78, 5) is 18.5.